The van der Waals surface area contributed by atoms with Crippen LogP contribution in [0.15, 0.2) is 24.3 Å². The number of piperidine rings is 1. The van der Waals surface area contributed by atoms with Gasteiger partial charge in [0.2, 0.25) is 10.8 Å². The molecule has 0 spiro atoms. The molecule has 1 aliphatic heterocycles. The third-order valence-electron chi connectivity index (χ3n) is 5.50. The number of thiazole rings is 1. The van der Waals surface area contributed by atoms with E-state index in [9.17, 15) is 5.11 Å². The summed E-state index contributed by atoms with van der Waals surface area (Å²) in [4.78, 5) is 8.71. The zero-order valence-corrected chi connectivity index (χ0v) is 17.7. The number of likely N-dealkylation sites (tertiary alicyclic amines) is 1. The fraction of sp³-hybridized carbons (Fsp3) is 0.524. The number of rotatable bonds is 5. The third-order valence-corrected chi connectivity index (χ3v) is 6.57. The van der Waals surface area contributed by atoms with Crippen LogP contribution in [0.2, 0.25) is 0 Å². The topological polar surface area (TPSA) is 62.9 Å². The Morgan fingerprint density at radius 2 is 1.89 bits per heavy atom. The Morgan fingerprint density at radius 3 is 2.46 bits per heavy atom. The average Bonchev–Trinajstić information content (AvgIpc) is 3.21. The van der Waals surface area contributed by atoms with Crippen molar-refractivity contribution in [3.63, 3.8) is 0 Å². The van der Waals surface area contributed by atoms with Crippen LogP contribution >= 0.6 is 11.3 Å². The molecule has 3 atom stereocenters. The maximum atomic E-state index is 11.0. The predicted molar refractivity (Wildman–Crippen MR) is 111 cm³/mol. The summed E-state index contributed by atoms with van der Waals surface area (Å²) in [5, 5.41) is 15.5. The summed E-state index contributed by atoms with van der Waals surface area (Å²) >= 11 is 1.54. The molecule has 6 nitrogen and oxygen atoms in total. The molecule has 1 N–H and O–H groups in total. The van der Waals surface area contributed by atoms with Gasteiger partial charge in [-0.25, -0.2) is 4.98 Å². The molecule has 2 aromatic heterocycles. The van der Waals surface area contributed by atoms with Gasteiger partial charge in [0.1, 0.15) is 5.75 Å². The van der Waals surface area contributed by atoms with Crippen LogP contribution < -0.4 is 4.74 Å². The molecule has 1 fully saturated rings. The van der Waals surface area contributed by atoms with Crippen molar-refractivity contribution < 1.29 is 9.84 Å². The van der Waals surface area contributed by atoms with Crippen molar-refractivity contribution in [3.8, 4) is 11.6 Å². The van der Waals surface area contributed by atoms with Crippen molar-refractivity contribution in [3.05, 3.63) is 40.5 Å². The van der Waals surface area contributed by atoms with E-state index in [1.54, 1.807) is 11.6 Å². The van der Waals surface area contributed by atoms with Crippen LogP contribution in [-0.2, 0) is 6.42 Å². The third kappa shape index (κ3) is 3.49. The van der Waals surface area contributed by atoms with E-state index in [1.165, 1.54) is 17.8 Å². The normalized spacial score (nSPS) is 21.9. The van der Waals surface area contributed by atoms with Gasteiger partial charge >= 0.3 is 0 Å². The highest BCUT2D eigenvalue weighted by Crippen LogP contribution is 2.42. The fourth-order valence-corrected chi connectivity index (χ4v) is 5.49. The van der Waals surface area contributed by atoms with Crippen molar-refractivity contribution in [1.82, 2.24) is 19.5 Å². The molecule has 0 radical (unpaired) electrons. The zero-order chi connectivity index (χ0) is 19.8. The Labute approximate surface area is 169 Å². The molecule has 0 saturated carbocycles. The second-order valence-electron chi connectivity index (χ2n) is 7.94. The summed E-state index contributed by atoms with van der Waals surface area (Å²) in [7, 11) is 1.68. The molecular formula is C21H28N4O2S. The Balaban J connectivity index is 1.80. The number of aromatic hydroxyl groups is 1. The molecule has 0 bridgehead atoms. The summed E-state index contributed by atoms with van der Waals surface area (Å²) < 4.78 is 6.92. The molecule has 1 aromatic carbocycles. The molecule has 4 rings (SSSR count). The van der Waals surface area contributed by atoms with Crippen LogP contribution in [0.3, 0.4) is 0 Å². The van der Waals surface area contributed by atoms with E-state index in [4.69, 9.17) is 4.74 Å². The lowest BCUT2D eigenvalue weighted by molar-refractivity contribution is 0.112. The van der Waals surface area contributed by atoms with Gasteiger partial charge in [-0.2, -0.15) is 4.52 Å². The first-order valence-electron chi connectivity index (χ1n) is 9.95. The second-order valence-corrected chi connectivity index (χ2v) is 8.95. The number of nitrogens with zero attached hydrogens (tertiary/aromatic N) is 4. The van der Waals surface area contributed by atoms with Crippen LogP contribution in [-0.4, -0.2) is 44.8 Å². The minimum atomic E-state index is -0.0188. The number of hydrogen-bond acceptors (Lipinski definition) is 6. The Hall–Kier alpha value is -2.12. The van der Waals surface area contributed by atoms with Crippen molar-refractivity contribution in [2.75, 3.05) is 20.2 Å². The van der Waals surface area contributed by atoms with Gasteiger partial charge in [0.15, 0.2) is 5.82 Å². The first-order chi connectivity index (χ1) is 13.5. The smallest absolute Gasteiger partial charge is 0.230 e. The van der Waals surface area contributed by atoms with Crippen molar-refractivity contribution >= 4 is 16.3 Å². The van der Waals surface area contributed by atoms with Crippen LogP contribution in [0.1, 0.15) is 49.5 Å². The van der Waals surface area contributed by atoms with Gasteiger partial charge < -0.3 is 9.84 Å². The number of aromatic nitrogens is 3. The highest BCUT2D eigenvalue weighted by Gasteiger charge is 2.33. The van der Waals surface area contributed by atoms with Gasteiger partial charge in [-0.15, -0.1) is 5.10 Å². The number of benzene rings is 1. The van der Waals surface area contributed by atoms with E-state index in [-0.39, 0.29) is 11.9 Å². The fourth-order valence-electron chi connectivity index (χ4n) is 4.35. The standard InChI is InChI=1S/C21H28N4O2S/c1-5-17-22-21-25(23-17)20(26)19(28-21)18(15-6-8-16(27-4)9-7-15)24-11-13(2)10-14(3)12-24/h6-9,13-14,18,26H,5,10-12H2,1-4H3/t13-,14+,18-/m1/s1. The lowest BCUT2D eigenvalue weighted by atomic mass is 9.89. The quantitative estimate of drug-likeness (QED) is 0.698. The van der Waals surface area contributed by atoms with E-state index in [0.717, 1.165) is 46.5 Å². The average molecular weight is 401 g/mol. The van der Waals surface area contributed by atoms with Crippen molar-refractivity contribution in [1.29, 1.82) is 0 Å². The van der Waals surface area contributed by atoms with Crippen molar-refractivity contribution in [2.24, 2.45) is 11.8 Å². The summed E-state index contributed by atoms with van der Waals surface area (Å²) in [6, 6.07) is 8.15. The van der Waals surface area contributed by atoms with E-state index in [0.29, 0.717) is 11.8 Å². The number of methoxy groups -OCH3 is 1. The summed E-state index contributed by atoms with van der Waals surface area (Å²) in [6.07, 6.45) is 2.00. The van der Waals surface area contributed by atoms with Gasteiger partial charge in [-0.1, -0.05) is 44.2 Å². The molecule has 3 heterocycles. The maximum Gasteiger partial charge on any atom is 0.230 e. The number of hydrogen-bond donors (Lipinski definition) is 1. The Bertz CT molecular complexity index is 939. The molecular weight excluding hydrogens is 372 g/mol. The van der Waals surface area contributed by atoms with Crippen LogP contribution in [0.25, 0.3) is 4.96 Å². The minimum Gasteiger partial charge on any atom is -0.497 e. The summed E-state index contributed by atoms with van der Waals surface area (Å²) in [6.45, 7) is 8.66. The van der Waals surface area contributed by atoms with Gasteiger partial charge in [0.25, 0.3) is 0 Å². The van der Waals surface area contributed by atoms with Crippen LogP contribution in [0.4, 0.5) is 0 Å². The molecule has 1 saturated heterocycles. The van der Waals surface area contributed by atoms with E-state index in [1.807, 2.05) is 19.1 Å². The first-order valence-corrected chi connectivity index (χ1v) is 10.8. The molecule has 28 heavy (non-hydrogen) atoms. The summed E-state index contributed by atoms with van der Waals surface area (Å²) in [5.74, 6) is 3.05. The largest absolute Gasteiger partial charge is 0.497 e. The number of aryl methyl sites for hydroxylation is 1. The SMILES string of the molecule is CCc1nc2sc([C@@H](c3ccc(OC)cc3)N3C[C@H](C)C[C@H](C)C3)c(O)n2n1. The van der Waals surface area contributed by atoms with Crippen LogP contribution in [0.5, 0.6) is 11.6 Å². The van der Waals surface area contributed by atoms with Gasteiger partial charge in [-0.3, -0.25) is 4.90 Å². The Morgan fingerprint density at radius 1 is 1.21 bits per heavy atom. The number of fused-ring (bicyclic) bond motifs is 1. The first kappa shape index (κ1) is 19.2. The molecule has 0 aliphatic carbocycles. The highest BCUT2D eigenvalue weighted by atomic mass is 32.1. The molecule has 150 valence electrons. The summed E-state index contributed by atoms with van der Waals surface area (Å²) in [5.41, 5.74) is 1.15. The Kier molecular flexibility index (Phi) is 5.29. The lowest BCUT2D eigenvalue weighted by Crippen LogP contribution is -2.41. The predicted octanol–water partition coefficient (Wildman–Crippen LogP) is 4.13. The molecule has 0 amide bonds. The second kappa shape index (κ2) is 7.72. The van der Waals surface area contributed by atoms with Crippen LogP contribution in [0, 0.1) is 11.8 Å². The molecule has 3 aromatic rings. The van der Waals surface area contributed by atoms with E-state index in [2.05, 4.69) is 41.0 Å². The van der Waals surface area contributed by atoms with Gasteiger partial charge in [0, 0.05) is 19.5 Å². The van der Waals surface area contributed by atoms with Gasteiger partial charge in [-0.05, 0) is 36.0 Å². The molecule has 0 unspecified atom stereocenters. The van der Waals surface area contributed by atoms with E-state index >= 15 is 0 Å². The number of ether oxygens (including phenoxy) is 1. The molecule has 1 aliphatic rings. The molecule has 7 heteroatoms. The van der Waals surface area contributed by atoms with Crippen molar-refractivity contribution in [2.45, 2.75) is 39.7 Å². The maximum absolute atomic E-state index is 11.0. The van der Waals surface area contributed by atoms with E-state index < -0.39 is 0 Å². The minimum absolute atomic E-state index is 0.0188. The monoisotopic (exact) mass is 400 g/mol. The van der Waals surface area contributed by atoms with Gasteiger partial charge in [0.05, 0.1) is 18.0 Å². The highest BCUT2D eigenvalue weighted by molar-refractivity contribution is 7.17. The zero-order valence-electron chi connectivity index (χ0n) is 16.9. The lowest BCUT2D eigenvalue weighted by Gasteiger charge is -2.40.